The van der Waals surface area contributed by atoms with E-state index < -0.39 is 0 Å². The number of hydrogen-bond acceptors (Lipinski definition) is 2. The molecule has 0 aromatic carbocycles. The Bertz CT molecular complexity index is 551. The molecular formula is C20H35N3O2. The lowest BCUT2D eigenvalue weighted by Crippen LogP contribution is -2.48. The molecule has 0 unspecified atom stereocenters. The molecule has 1 rings (SSSR count). The van der Waals surface area contributed by atoms with E-state index in [0.29, 0.717) is 6.54 Å². The van der Waals surface area contributed by atoms with Crippen LogP contribution in [0.5, 0.6) is 0 Å². The summed E-state index contributed by atoms with van der Waals surface area (Å²) < 4.78 is 2.04. The first kappa shape index (κ1) is 21.3. The molecule has 0 spiro atoms. The molecule has 0 N–H and O–H groups in total. The summed E-state index contributed by atoms with van der Waals surface area (Å²) in [6, 6.07) is 4.10. The van der Waals surface area contributed by atoms with Crippen LogP contribution in [0, 0.1) is 5.92 Å². The maximum Gasteiger partial charge on any atom is 0.242 e. The van der Waals surface area contributed by atoms with E-state index in [2.05, 4.69) is 13.8 Å². The molecule has 0 fully saturated rings. The van der Waals surface area contributed by atoms with E-state index in [0.717, 1.165) is 31.5 Å². The zero-order chi connectivity index (χ0) is 19.0. The van der Waals surface area contributed by atoms with E-state index in [9.17, 15) is 9.59 Å². The van der Waals surface area contributed by atoms with Gasteiger partial charge in [0.15, 0.2) is 0 Å². The molecular weight excluding hydrogens is 314 g/mol. The van der Waals surface area contributed by atoms with E-state index in [-0.39, 0.29) is 30.3 Å². The van der Waals surface area contributed by atoms with Crippen LogP contribution in [0.3, 0.4) is 0 Å². The number of rotatable bonds is 10. The number of nitrogens with zero attached hydrogens (tertiary/aromatic N) is 3. The van der Waals surface area contributed by atoms with Crippen molar-refractivity contribution in [2.24, 2.45) is 13.0 Å². The summed E-state index contributed by atoms with van der Waals surface area (Å²) in [5.41, 5.74) is 1.11. The molecule has 0 aliphatic heterocycles. The van der Waals surface area contributed by atoms with Crippen LogP contribution in [-0.2, 0) is 23.2 Å². The molecule has 0 radical (unpaired) electrons. The number of aromatic nitrogens is 1. The van der Waals surface area contributed by atoms with Gasteiger partial charge in [-0.1, -0.05) is 34.1 Å². The standard InChI is InChI=1S/C20H35N3O2/c1-7-9-13-22(14-18-11-10-12-21(18)6)19(24)15-23(17(5)8-2)20(25)16(3)4/h10-12,16-17H,7-9,13-15H2,1-6H3/t17-/m1/s1. The SMILES string of the molecule is CCCCN(Cc1cccn1C)C(=O)CN(C(=O)C(C)C)[C@H](C)CC. The normalized spacial score (nSPS) is 12.3. The number of hydrogen-bond donors (Lipinski definition) is 0. The smallest absolute Gasteiger partial charge is 0.242 e. The van der Waals surface area contributed by atoms with Gasteiger partial charge in [-0.05, 0) is 31.9 Å². The van der Waals surface area contributed by atoms with Crippen molar-refractivity contribution >= 4 is 11.8 Å². The molecule has 0 saturated heterocycles. The molecule has 1 atom stereocenters. The molecule has 0 aliphatic carbocycles. The van der Waals surface area contributed by atoms with Gasteiger partial charge in [-0.3, -0.25) is 9.59 Å². The van der Waals surface area contributed by atoms with Gasteiger partial charge in [-0.2, -0.15) is 0 Å². The number of carbonyl (C=O) groups is 2. The van der Waals surface area contributed by atoms with Gasteiger partial charge < -0.3 is 14.4 Å². The Morgan fingerprint density at radius 2 is 1.88 bits per heavy atom. The van der Waals surface area contributed by atoms with Gasteiger partial charge in [-0.15, -0.1) is 0 Å². The first-order chi connectivity index (χ1) is 11.8. The molecule has 142 valence electrons. The Balaban J connectivity index is 2.90. The Kier molecular flexibility index (Phi) is 8.73. The van der Waals surface area contributed by atoms with Crippen LogP contribution in [0.1, 0.15) is 59.6 Å². The predicted octanol–water partition coefficient (Wildman–Crippen LogP) is 3.44. The van der Waals surface area contributed by atoms with Gasteiger partial charge >= 0.3 is 0 Å². The van der Waals surface area contributed by atoms with Crippen LogP contribution in [0.2, 0.25) is 0 Å². The van der Waals surface area contributed by atoms with Crippen LogP contribution in [-0.4, -0.2) is 45.3 Å². The average Bonchev–Trinajstić information content (AvgIpc) is 2.99. The van der Waals surface area contributed by atoms with Gasteiger partial charge in [-0.25, -0.2) is 0 Å². The Morgan fingerprint density at radius 3 is 2.36 bits per heavy atom. The summed E-state index contributed by atoms with van der Waals surface area (Å²) in [4.78, 5) is 29.1. The zero-order valence-electron chi connectivity index (χ0n) is 16.8. The highest BCUT2D eigenvalue weighted by Gasteiger charge is 2.26. The van der Waals surface area contributed by atoms with E-state index in [1.54, 1.807) is 4.90 Å². The van der Waals surface area contributed by atoms with Crippen molar-refractivity contribution in [2.75, 3.05) is 13.1 Å². The molecule has 5 nitrogen and oxygen atoms in total. The summed E-state index contributed by atoms with van der Waals surface area (Å²) in [7, 11) is 1.99. The fourth-order valence-electron chi connectivity index (χ4n) is 2.75. The van der Waals surface area contributed by atoms with Gasteiger partial charge in [0.25, 0.3) is 0 Å². The monoisotopic (exact) mass is 349 g/mol. The minimum absolute atomic E-state index is 0.0314. The largest absolute Gasteiger partial charge is 0.353 e. The van der Waals surface area contributed by atoms with E-state index >= 15 is 0 Å². The molecule has 25 heavy (non-hydrogen) atoms. The quantitative estimate of drug-likeness (QED) is 0.649. The second kappa shape index (κ2) is 10.3. The molecule has 5 heteroatoms. The van der Waals surface area contributed by atoms with Crippen molar-refractivity contribution in [2.45, 2.75) is 66.5 Å². The maximum absolute atomic E-state index is 13.0. The second-order valence-corrected chi connectivity index (χ2v) is 7.16. The van der Waals surface area contributed by atoms with Crippen molar-refractivity contribution in [1.82, 2.24) is 14.4 Å². The number of amides is 2. The van der Waals surface area contributed by atoms with Crippen molar-refractivity contribution in [3.05, 3.63) is 24.0 Å². The zero-order valence-corrected chi connectivity index (χ0v) is 16.8. The fraction of sp³-hybridized carbons (Fsp3) is 0.700. The average molecular weight is 350 g/mol. The molecule has 1 aromatic heterocycles. The number of aryl methyl sites for hydroxylation is 1. The lowest BCUT2D eigenvalue weighted by atomic mass is 10.1. The summed E-state index contributed by atoms with van der Waals surface area (Å²) >= 11 is 0. The Hall–Kier alpha value is -1.78. The minimum atomic E-state index is -0.0984. The maximum atomic E-state index is 13.0. The molecule has 0 saturated carbocycles. The minimum Gasteiger partial charge on any atom is -0.353 e. The van der Waals surface area contributed by atoms with Crippen LogP contribution in [0.25, 0.3) is 0 Å². The summed E-state index contributed by atoms with van der Waals surface area (Å²) in [5.74, 6) is -0.0141. The topological polar surface area (TPSA) is 45.6 Å². The van der Waals surface area contributed by atoms with Crippen LogP contribution >= 0.6 is 0 Å². The van der Waals surface area contributed by atoms with Crippen molar-refractivity contribution in [3.63, 3.8) is 0 Å². The van der Waals surface area contributed by atoms with Crippen LogP contribution in [0.15, 0.2) is 18.3 Å². The first-order valence-corrected chi connectivity index (χ1v) is 9.50. The summed E-state index contributed by atoms with van der Waals surface area (Å²) in [6.07, 6.45) is 4.85. The summed E-state index contributed by atoms with van der Waals surface area (Å²) in [5, 5.41) is 0. The second-order valence-electron chi connectivity index (χ2n) is 7.16. The third-order valence-corrected chi connectivity index (χ3v) is 4.74. The fourth-order valence-corrected chi connectivity index (χ4v) is 2.75. The van der Waals surface area contributed by atoms with E-state index in [1.807, 2.05) is 55.6 Å². The molecule has 0 bridgehead atoms. The van der Waals surface area contributed by atoms with Crippen LogP contribution < -0.4 is 0 Å². The Morgan fingerprint density at radius 1 is 1.20 bits per heavy atom. The lowest BCUT2D eigenvalue weighted by Gasteiger charge is -2.32. The number of unbranched alkanes of at least 4 members (excludes halogenated alkanes) is 1. The van der Waals surface area contributed by atoms with Gasteiger partial charge in [0.05, 0.1) is 6.54 Å². The van der Waals surface area contributed by atoms with Gasteiger partial charge in [0, 0.05) is 37.4 Å². The first-order valence-electron chi connectivity index (χ1n) is 9.50. The predicted molar refractivity (Wildman–Crippen MR) is 102 cm³/mol. The molecule has 0 aliphatic rings. The third kappa shape index (κ3) is 6.22. The van der Waals surface area contributed by atoms with Gasteiger partial charge in [0.1, 0.15) is 6.54 Å². The lowest BCUT2D eigenvalue weighted by molar-refractivity contribution is -0.144. The molecule has 2 amide bonds. The van der Waals surface area contributed by atoms with E-state index in [1.165, 1.54) is 0 Å². The number of carbonyl (C=O) groups excluding carboxylic acids is 2. The van der Waals surface area contributed by atoms with Crippen molar-refractivity contribution in [1.29, 1.82) is 0 Å². The van der Waals surface area contributed by atoms with Crippen molar-refractivity contribution in [3.8, 4) is 0 Å². The molecule has 1 aromatic rings. The Labute approximate surface area is 153 Å². The highest BCUT2D eigenvalue weighted by Crippen LogP contribution is 2.12. The van der Waals surface area contributed by atoms with E-state index in [4.69, 9.17) is 0 Å². The third-order valence-electron chi connectivity index (χ3n) is 4.74. The van der Waals surface area contributed by atoms with Gasteiger partial charge in [0.2, 0.25) is 11.8 Å². The highest BCUT2D eigenvalue weighted by molar-refractivity contribution is 5.85. The summed E-state index contributed by atoms with van der Waals surface area (Å²) in [6.45, 7) is 11.5. The van der Waals surface area contributed by atoms with Crippen LogP contribution in [0.4, 0.5) is 0 Å². The van der Waals surface area contributed by atoms with Crippen molar-refractivity contribution < 1.29 is 9.59 Å². The highest BCUT2D eigenvalue weighted by atomic mass is 16.2. The molecule has 1 heterocycles.